The number of H-pyrrole nitrogens is 1. The second-order valence-corrected chi connectivity index (χ2v) is 5.30. The fourth-order valence-electron chi connectivity index (χ4n) is 2.39. The third kappa shape index (κ3) is 3.70. The molecule has 0 aliphatic rings. The van der Waals surface area contributed by atoms with E-state index in [2.05, 4.69) is 21.3 Å². The second kappa shape index (κ2) is 7.94. The van der Waals surface area contributed by atoms with Crippen molar-refractivity contribution in [3.05, 3.63) is 65.6 Å². The summed E-state index contributed by atoms with van der Waals surface area (Å²) in [6, 6.07) is 14.4. The predicted octanol–water partition coefficient (Wildman–Crippen LogP) is 3.10. The van der Waals surface area contributed by atoms with E-state index in [4.69, 9.17) is 14.7 Å². The fourth-order valence-corrected chi connectivity index (χ4v) is 2.39. The average molecular weight is 348 g/mol. The fraction of sp³-hybridized carbons (Fsp3) is 0.158. The largest absolute Gasteiger partial charge is 0.471 e. The van der Waals surface area contributed by atoms with Crippen molar-refractivity contribution in [2.45, 2.75) is 13.5 Å². The summed E-state index contributed by atoms with van der Waals surface area (Å²) in [6.07, 6.45) is 1.68. The smallest absolute Gasteiger partial charge is 0.359 e. The van der Waals surface area contributed by atoms with Gasteiger partial charge in [0.2, 0.25) is 5.88 Å². The highest BCUT2D eigenvalue weighted by atomic mass is 16.5. The molecule has 1 aromatic carbocycles. The lowest BCUT2D eigenvalue weighted by Crippen LogP contribution is -2.07. The molecule has 7 heteroatoms. The molecule has 0 spiro atoms. The second-order valence-electron chi connectivity index (χ2n) is 5.30. The van der Waals surface area contributed by atoms with Crippen molar-refractivity contribution >= 4 is 5.97 Å². The molecule has 0 bridgehead atoms. The minimum atomic E-state index is -0.546. The van der Waals surface area contributed by atoms with Gasteiger partial charge < -0.3 is 9.47 Å². The van der Waals surface area contributed by atoms with Gasteiger partial charge in [0.25, 0.3) is 0 Å². The van der Waals surface area contributed by atoms with Gasteiger partial charge >= 0.3 is 5.97 Å². The molecular weight excluding hydrogens is 332 g/mol. The summed E-state index contributed by atoms with van der Waals surface area (Å²) in [5.74, 6) is -0.209. The highest BCUT2D eigenvalue weighted by Gasteiger charge is 2.23. The van der Waals surface area contributed by atoms with Crippen LogP contribution >= 0.6 is 0 Å². The van der Waals surface area contributed by atoms with Crippen LogP contribution in [0.5, 0.6) is 5.88 Å². The molecule has 0 radical (unpaired) electrons. The molecule has 0 saturated carbocycles. The van der Waals surface area contributed by atoms with E-state index in [0.717, 1.165) is 5.69 Å². The minimum Gasteiger partial charge on any atom is -0.471 e. The van der Waals surface area contributed by atoms with Crippen LogP contribution in [0.25, 0.3) is 11.1 Å². The lowest BCUT2D eigenvalue weighted by Gasteiger charge is -2.08. The van der Waals surface area contributed by atoms with Crippen LogP contribution < -0.4 is 4.74 Å². The Bertz CT molecular complexity index is 928. The van der Waals surface area contributed by atoms with Crippen LogP contribution in [0, 0.1) is 11.3 Å². The molecule has 26 heavy (non-hydrogen) atoms. The Hall–Kier alpha value is -3.66. The van der Waals surface area contributed by atoms with Gasteiger partial charge in [-0.2, -0.15) is 10.4 Å². The maximum atomic E-state index is 12.2. The Morgan fingerprint density at radius 2 is 2.04 bits per heavy atom. The highest BCUT2D eigenvalue weighted by Crippen LogP contribution is 2.32. The van der Waals surface area contributed by atoms with Gasteiger partial charge in [-0.05, 0) is 36.8 Å². The van der Waals surface area contributed by atoms with Gasteiger partial charge in [-0.15, -0.1) is 0 Å². The standard InChI is InChI=1S/C19H16N4O3/c1-2-25-19(24)17-16(14-8-6-13(11-20)7-9-14)18(23-22-17)26-12-15-5-3-4-10-21-15/h3-10H,2,12H2,1H3,(H,22,23). The number of benzene rings is 1. The van der Waals surface area contributed by atoms with Gasteiger partial charge in [-0.3, -0.25) is 4.98 Å². The summed E-state index contributed by atoms with van der Waals surface area (Å²) in [5.41, 5.74) is 2.57. The van der Waals surface area contributed by atoms with E-state index < -0.39 is 5.97 Å². The highest BCUT2D eigenvalue weighted by molar-refractivity contribution is 5.96. The van der Waals surface area contributed by atoms with Gasteiger partial charge in [0.15, 0.2) is 5.69 Å². The van der Waals surface area contributed by atoms with Crippen molar-refractivity contribution in [3.8, 4) is 23.1 Å². The molecule has 0 atom stereocenters. The third-order valence-electron chi connectivity index (χ3n) is 3.60. The molecular formula is C19H16N4O3. The normalized spacial score (nSPS) is 10.2. The molecule has 0 saturated heterocycles. The average Bonchev–Trinajstić information content (AvgIpc) is 3.11. The molecule has 2 aromatic heterocycles. The molecule has 0 amide bonds. The van der Waals surface area contributed by atoms with E-state index in [1.807, 2.05) is 18.2 Å². The molecule has 0 fully saturated rings. The summed E-state index contributed by atoms with van der Waals surface area (Å²) in [4.78, 5) is 16.4. The van der Waals surface area contributed by atoms with Gasteiger partial charge in [0, 0.05) is 6.20 Å². The number of hydrogen-bond donors (Lipinski definition) is 1. The first kappa shape index (κ1) is 17.2. The van der Waals surface area contributed by atoms with Crippen LogP contribution in [-0.4, -0.2) is 27.8 Å². The zero-order valence-corrected chi connectivity index (χ0v) is 14.1. The Kier molecular flexibility index (Phi) is 5.25. The molecule has 0 unspecified atom stereocenters. The molecule has 0 aliphatic carbocycles. The Balaban J connectivity index is 1.95. The topological polar surface area (TPSA) is 101 Å². The third-order valence-corrected chi connectivity index (χ3v) is 3.60. The number of pyridine rings is 1. The van der Waals surface area contributed by atoms with E-state index in [9.17, 15) is 4.79 Å². The van der Waals surface area contributed by atoms with Crippen molar-refractivity contribution in [3.63, 3.8) is 0 Å². The SMILES string of the molecule is CCOC(=O)c1n[nH]c(OCc2ccccn2)c1-c1ccc(C#N)cc1. The van der Waals surface area contributed by atoms with Crippen LogP contribution in [-0.2, 0) is 11.3 Å². The van der Waals surface area contributed by atoms with Crippen LogP contribution in [0.1, 0.15) is 28.7 Å². The van der Waals surface area contributed by atoms with E-state index in [1.165, 1.54) is 0 Å². The minimum absolute atomic E-state index is 0.132. The van der Waals surface area contributed by atoms with Crippen LogP contribution in [0.4, 0.5) is 0 Å². The lowest BCUT2D eigenvalue weighted by molar-refractivity contribution is 0.0520. The maximum absolute atomic E-state index is 12.2. The lowest BCUT2D eigenvalue weighted by atomic mass is 10.0. The number of esters is 1. The number of rotatable bonds is 6. The number of carbonyl (C=O) groups is 1. The van der Waals surface area contributed by atoms with E-state index >= 15 is 0 Å². The quantitative estimate of drug-likeness (QED) is 0.687. The molecule has 7 nitrogen and oxygen atoms in total. The molecule has 3 rings (SSSR count). The number of ether oxygens (including phenoxy) is 2. The van der Waals surface area contributed by atoms with Gasteiger partial charge in [0.1, 0.15) is 6.61 Å². The summed E-state index contributed by atoms with van der Waals surface area (Å²) in [5, 5.41) is 15.8. The van der Waals surface area contributed by atoms with Crippen molar-refractivity contribution < 1.29 is 14.3 Å². The number of aromatic nitrogens is 3. The zero-order chi connectivity index (χ0) is 18.4. The van der Waals surface area contributed by atoms with Crippen molar-refractivity contribution in [2.75, 3.05) is 6.61 Å². The molecule has 130 valence electrons. The Labute approximate surface area is 150 Å². The molecule has 1 N–H and O–H groups in total. The summed E-state index contributed by atoms with van der Waals surface area (Å²) in [6.45, 7) is 2.18. The van der Waals surface area contributed by atoms with E-state index in [0.29, 0.717) is 22.6 Å². The molecule has 3 aromatic rings. The first-order valence-electron chi connectivity index (χ1n) is 8.01. The van der Waals surface area contributed by atoms with Crippen molar-refractivity contribution in [1.29, 1.82) is 5.26 Å². The number of carbonyl (C=O) groups excluding carboxylic acids is 1. The van der Waals surface area contributed by atoms with Crippen LogP contribution in [0.2, 0.25) is 0 Å². The van der Waals surface area contributed by atoms with E-state index in [1.54, 1.807) is 37.4 Å². The number of hydrogen-bond acceptors (Lipinski definition) is 6. The Morgan fingerprint density at radius 1 is 1.23 bits per heavy atom. The van der Waals surface area contributed by atoms with Crippen molar-refractivity contribution in [1.82, 2.24) is 15.2 Å². The van der Waals surface area contributed by atoms with Gasteiger partial charge in [-0.1, -0.05) is 18.2 Å². The van der Waals surface area contributed by atoms with Crippen molar-refractivity contribution in [2.24, 2.45) is 0 Å². The van der Waals surface area contributed by atoms with Crippen LogP contribution in [0.15, 0.2) is 48.7 Å². The number of nitrogens with zero attached hydrogens (tertiary/aromatic N) is 3. The van der Waals surface area contributed by atoms with Crippen LogP contribution in [0.3, 0.4) is 0 Å². The first-order chi connectivity index (χ1) is 12.7. The number of nitriles is 1. The molecule has 2 heterocycles. The summed E-state index contributed by atoms with van der Waals surface area (Å²) in [7, 11) is 0. The zero-order valence-electron chi connectivity index (χ0n) is 14.1. The predicted molar refractivity (Wildman–Crippen MR) is 93.3 cm³/mol. The summed E-state index contributed by atoms with van der Waals surface area (Å²) >= 11 is 0. The monoisotopic (exact) mass is 348 g/mol. The Morgan fingerprint density at radius 3 is 2.69 bits per heavy atom. The molecule has 0 aliphatic heterocycles. The van der Waals surface area contributed by atoms with Gasteiger partial charge in [0.05, 0.1) is 29.5 Å². The summed E-state index contributed by atoms with van der Waals surface area (Å²) < 4.78 is 10.9. The maximum Gasteiger partial charge on any atom is 0.359 e. The van der Waals surface area contributed by atoms with E-state index in [-0.39, 0.29) is 18.9 Å². The van der Waals surface area contributed by atoms with Gasteiger partial charge in [-0.25, -0.2) is 9.89 Å². The first-order valence-corrected chi connectivity index (χ1v) is 8.01. The number of aromatic amines is 1. The number of nitrogens with one attached hydrogen (secondary N) is 1.